The Morgan fingerprint density at radius 2 is 1.73 bits per heavy atom. The Kier molecular flexibility index (Phi) is 7.64. The number of aromatic nitrogens is 2. The highest BCUT2D eigenvalue weighted by atomic mass is 16.6. The van der Waals surface area contributed by atoms with Crippen LogP contribution in [0.2, 0.25) is 0 Å². The van der Waals surface area contributed by atoms with Crippen molar-refractivity contribution in [3.63, 3.8) is 0 Å². The van der Waals surface area contributed by atoms with Gasteiger partial charge in [0.05, 0.1) is 4.92 Å². The normalized spacial score (nSPS) is 16.1. The number of carbonyl (C=O) groups is 2. The van der Waals surface area contributed by atoms with Crippen LogP contribution in [0.4, 0.5) is 5.69 Å². The number of aromatic amines is 1. The zero-order chi connectivity index (χ0) is 28.2. The number of benzene rings is 2. The zero-order valence-electron chi connectivity index (χ0n) is 22.5. The molecule has 2 aromatic heterocycles. The van der Waals surface area contributed by atoms with E-state index in [-0.39, 0.29) is 29.1 Å². The zero-order valence-corrected chi connectivity index (χ0v) is 22.5. The first-order valence-corrected chi connectivity index (χ1v) is 13.6. The van der Waals surface area contributed by atoms with Gasteiger partial charge in [-0.1, -0.05) is 43.5 Å². The average Bonchev–Trinajstić information content (AvgIpc) is 3.44. The van der Waals surface area contributed by atoms with Crippen LogP contribution in [0.15, 0.2) is 79.0 Å². The lowest BCUT2D eigenvalue weighted by atomic mass is 9.71. The molecule has 2 aromatic carbocycles. The predicted octanol–water partition coefficient (Wildman–Crippen LogP) is 5.18. The average molecular weight is 540 g/mol. The highest BCUT2D eigenvalue weighted by Gasteiger charge is 2.41. The monoisotopic (exact) mass is 539 g/mol. The number of fused-ring (bicyclic) bond motifs is 1. The van der Waals surface area contributed by atoms with Gasteiger partial charge < -0.3 is 15.6 Å². The molecule has 0 saturated heterocycles. The Labute approximate surface area is 232 Å². The third-order valence-corrected chi connectivity index (χ3v) is 8.17. The lowest BCUT2D eigenvalue weighted by molar-refractivity contribution is -0.384. The molecule has 1 saturated carbocycles. The smallest absolute Gasteiger partial charge is 0.269 e. The van der Waals surface area contributed by atoms with Gasteiger partial charge >= 0.3 is 0 Å². The summed E-state index contributed by atoms with van der Waals surface area (Å²) in [6.07, 6.45) is 7.03. The summed E-state index contributed by atoms with van der Waals surface area (Å²) in [5.41, 5.74) is 1.41. The molecule has 0 unspecified atom stereocenters. The number of hydrogen-bond donors (Lipinski definition) is 3. The summed E-state index contributed by atoms with van der Waals surface area (Å²) in [4.78, 5) is 45.6. The molecule has 4 aromatic rings. The van der Waals surface area contributed by atoms with Crippen molar-refractivity contribution < 1.29 is 14.5 Å². The minimum atomic E-state index is -1.12. The van der Waals surface area contributed by atoms with Crippen molar-refractivity contribution in [3.8, 4) is 0 Å². The molecule has 206 valence electrons. The van der Waals surface area contributed by atoms with Gasteiger partial charge in [0.1, 0.15) is 5.41 Å². The number of para-hydroxylation sites is 1. The molecular weight excluding hydrogens is 506 g/mol. The van der Waals surface area contributed by atoms with E-state index in [0.717, 1.165) is 42.3 Å². The van der Waals surface area contributed by atoms with Crippen molar-refractivity contribution in [3.05, 3.63) is 106 Å². The van der Waals surface area contributed by atoms with Crippen molar-refractivity contribution in [1.82, 2.24) is 20.6 Å². The first-order chi connectivity index (χ1) is 19.3. The number of pyridine rings is 1. The fraction of sp³-hybridized carbons (Fsp3) is 0.323. The van der Waals surface area contributed by atoms with E-state index in [2.05, 4.69) is 20.6 Å². The Hall–Kier alpha value is -4.53. The Morgan fingerprint density at radius 3 is 2.40 bits per heavy atom. The van der Waals surface area contributed by atoms with E-state index in [1.807, 2.05) is 55.5 Å². The minimum absolute atomic E-state index is 0.0259. The van der Waals surface area contributed by atoms with E-state index in [4.69, 9.17) is 0 Å². The van der Waals surface area contributed by atoms with Crippen LogP contribution in [-0.4, -0.2) is 39.8 Å². The molecule has 0 spiro atoms. The summed E-state index contributed by atoms with van der Waals surface area (Å²) >= 11 is 0. The maximum Gasteiger partial charge on any atom is 0.269 e. The second-order valence-corrected chi connectivity index (χ2v) is 10.8. The van der Waals surface area contributed by atoms with E-state index in [9.17, 15) is 19.7 Å². The highest BCUT2D eigenvalue weighted by molar-refractivity contribution is 5.96. The molecule has 0 radical (unpaired) electrons. The molecule has 1 aliphatic rings. The standard InChI is InChI=1S/C31H33N5O4/c1-30(27-19-23-9-3-4-10-25(23)35-27,20-33-28(37)22-12-14-24(15-13-22)36(39)40)29(38)34-21-31(16-6-2-7-17-31)26-11-5-8-18-32-26/h3-5,8-15,18-19,35H,2,6-7,16-17,20-21H2,1H3,(H,33,37)(H,34,38)/t30-/m0/s1. The molecular formula is C31H33N5O4. The number of amides is 2. The largest absolute Gasteiger partial charge is 0.357 e. The van der Waals surface area contributed by atoms with Crippen LogP contribution in [-0.2, 0) is 15.6 Å². The van der Waals surface area contributed by atoms with Crippen LogP contribution in [0.1, 0.15) is 60.8 Å². The third-order valence-electron chi connectivity index (χ3n) is 8.17. The van der Waals surface area contributed by atoms with E-state index >= 15 is 0 Å². The van der Waals surface area contributed by atoms with Crippen molar-refractivity contribution in [2.45, 2.75) is 49.9 Å². The van der Waals surface area contributed by atoms with Gasteiger partial charge in [-0.2, -0.15) is 0 Å². The first-order valence-electron chi connectivity index (χ1n) is 13.6. The van der Waals surface area contributed by atoms with E-state index < -0.39 is 16.2 Å². The Balaban J connectivity index is 1.40. The van der Waals surface area contributed by atoms with Gasteiger partial charge in [-0.3, -0.25) is 24.7 Å². The molecule has 1 aliphatic carbocycles. The summed E-state index contributed by atoms with van der Waals surface area (Å²) in [7, 11) is 0. The summed E-state index contributed by atoms with van der Waals surface area (Å²) in [5.74, 6) is -0.619. The number of nitro groups is 1. The van der Waals surface area contributed by atoms with Gasteiger partial charge in [0, 0.05) is 59.3 Å². The first kappa shape index (κ1) is 27.1. The number of nitro benzene ring substituents is 1. The van der Waals surface area contributed by atoms with Gasteiger partial charge in [-0.15, -0.1) is 0 Å². The quantitative estimate of drug-likeness (QED) is 0.199. The second kappa shape index (κ2) is 11.3. The lowest BCUT2D eigenvalue weighted by Crippen LogP contribution is -2.53. The van der Waals surface area contributed by atoms with Crippen LogP contribution in [0.25, 0.3) is 10.9 Å². The SMILES string of the molecule is C[C@@](CNC(=O)c1ccc([N+](=O)[O-])cc1)(C(=O)NCC1(c2ccccn2)CCCCC1)c1cc2ccccc2[nH]1. The molecule has 3 N–H and O–H groups in total. The molecule has 1 fully saturated rings. The van der Waals surface area contributed by atoms with Crippen molar-refractivity contribution in [2.75, 3.05) is 13.1 Å². The van der Waals surface area contributed by atoms with Gasteiger partial charge in [-0.25, -0.2) is 0 Å². The number of H-pyrrole nitrogens is 1. The van der Waals surface area contributed by atoms with Crippen LogP contribution >= 0.6 is 0 Å². The molecule has 2 heterocycles. The van der Waals surface area contributed by atoms with Crippen LogP contribution in [0, 0.1) is 10.1 Å². The van der Waals surface area contributed by atoms with Gasteiger partial charge in [0.25, 0.3) is 11.6 Å². The molecule has 1 atom stereocenters. The number of nitrogens with one attached hydrogen (secondary N) is 3. The van der Waals surface area contributed by atoms with Crippen molar-refractivity contribution in [2.24, 2.45) is 0 Å². The number of carbonyl (C=O) groups excluding carboxylic acids is 2. The third kappa shape index (κ3) is 5.45. The van der Waals surface area contributed by atoms with Crippen LogP contribution in [0.3, 0.4) is 0 Å². The van der Waals surface area contributed by atoms with E-state index in [1.54, 1.807) is 6.20 Å². The fourth-order valence-electron chi connectivity index (χ4n) is 5.64. The van der Waals surface area contributed by atoms with E-state index in [0.29, 0.717) is 12.2 Å². The van der Waals surface area contributed by atoms with Crippen LogP contribution in [0.5, 0.6) is 0 Å². The Bertz CT molecular complexity index is 1480. The molecule has 0 bridgehead atoms. The molecule has 9 nitrogen and oxygen atoms in total. The maximum absolute atomic E-state index is 14.0. The Morgan fingerprint density at radius 1 is 1.00 bits per heavy atom. The van der Waals surface area contributed by atoms with Crippen molar-refractivity contribution in [1.29, 1.82) is 0 Å². The molecule has 40 heavy (non-hydrogen) atoms. The van der Waals surface area contributed by atoms with Crippen molar-refractivity contribution >= 4 is 28.4 Å². The summed E-state index contributed by atoms with van der Waals surface area (Å²) in [6, 6.07) is 21.1. The number of hydrogen-bond acceptors (Lipinski definition) is 5. The summed E-state index contributed by atoms with van der Waals surface area (Å²) in [5, 5.41) is 18.1. The number of non-ortho nitro benzene ring substituents is 1. The molecule has 5 rings (SSSR count). The van der Waals surface area contributed by atoms with Gasteiger partial charge in [0.2, 0.25) is 5.91 Å². The second-order valence-electron chi connectivity index (χ2n) is 10.8. The minimum Gasteiger partial charge on any atom is -0.357 e. The molecule has 0 aliphatic heterocycles. The molecule has 2 amide bonds. The van der Waals surface area contributed by atoms with Gasteiger partial charge in [0.15, 0.2) is 0 Å². The number of rotatable bonds is 9. The fourth-order valence-corrected chi connectivity index (χ4v) is 5.64. The van der Waals surface area contributed by atoms with E-state index in [1.165, 1.54) is 30.7 Å². The maximum atomic E-state index is 14.0. The molecule has 9 heteroatoms. The van der Waals surface area contributed by atoms with Crippen LogP contribution < -0.4 is 10.6 Å². The number of nitrogens with zero attached hydrogens (tertiary/aromatic N) is 2. The summed E-state index contributed by atoms with van der Waals surface area (Å²) < 4.78 is 0. The summed E-state index contributed by atoms with van der Waals surface area (Å²) in [6.45, 7) is 2.30. The van der Waals surface area contributed by atoms with Gasteiger partial charge in [-0.05, 0) is 61.5 Å². The topological polar surface area (TPSA) is 130 Å². The highest BCUT2D eigenvalue weighted by Crippen LogP contribution is 2.38. The predicted molar refractivity (Wildman–Crippen MR) is 153 cm³/mol. The lowest BCUT2D eigenvalue weighted by Gasteiger charge is -2.38.